The first kappa shape index (κ1) is 15.4. The fourth-order valence-electron chi connectivity index (χ4n) is 1.47. The van der Waals surface area contributed by atoms with Crippen molar-refractivity contribution in [3.05, 3.63) is 47.0 Å². The van der Waals surface area contributed by atoms with Crippen LogP contribution in [0.4, 0.5) is 0 Å². The Balaban J connectivity index is 0.00000256. The van der Waals surface area contributed by atoms with E-state index in [1.165, 1.54) is 0 Å². The Hall–Kier alpha value is -1.61. The van der Waals surface area contributed by atoms with Crippen molar-refractivity contribution >= 4 is 5.97 Å². The van der Waals surface area contributed by atoms with Crippen molar-refractivity contribution in [1.29, 1.82) is 0 Å². The van der Waals surface area contributed by atoms with E-state index in [1.54, 1.807) is 0 Å². The van der Waals surface area contributed by atoms with Crippen molar-refractivity contribution in [1.82, 2.24) is 6.15 Å². The van der Waals surface area contributed by atoms with Crippen LogP contribution < -0.4 is 6.15 Å². The number of hydrogen-bond donors (Lipinski definition) is 1. The molecular formula is C14H21NO2. The molecule has 94 valence electrons. The van der Waals surface area contributed by atoms with E-state index in [9.17, 15) is 4.79 Å². The maximum absolute atomic E-state index is 11.7. The van der Waals surface area contributed by atoms with Crippen molar-refractivity contribution in [2.24, 2.45) is 0 Å². The van der Waals surface area contributed by atoms with Crippen molar-refractivity contribution in [3.63, 3.8) is 0 Å². The van der Waals surface area contributed by atoms with Gasteiger partial charge in [-0.3, -0.25) is 0 Å². The van der Waals surface area contributed by atoms with Crippen LogP contribution in [0.3, 0.4) is 0 Å². The van der Waals surface area contributed by atoms with Gasteiger partial charge in [0.15, 0.2) is 0 Å². The number of carbonyl (C=O) groups excluding carboxylic acids is 1. The van der Waals surface area contributed by atoms with Crippen LogP contribution in [0.2, 0.25) is 0 Å². The second-order valence-corrected chi connectivity index (χ2v) is 3.86. The third-order valence-corrected chi connectivity index (χ3v) is 2.35. The highest BCUT2D eigenvalue weighted by Crippen LogP contribution is 2.13. The van der Waals surface area contributed by atoms with Gasteiger partial charge < -0.3 is 10.9 Å². The van der Waals surface area contributed by atoms with E-state index in [-0.39, 0.29) is 12.1 Å². The summed E-state index contributed by atoms with van der Waals surface area (Å²) in [5.41, 5.74) is 2.90. The molecule has 0 aromatic heterocycles. The van der Waals surface area contributed by atoms with E-state index in [1.807, 2.05) is 51.1 Å². The normalized spacial score (nSPS) is 9.12. The Morgan fingerprint density at radius 3 is 2.24 bits per heavy atom. The average Bonchev–Trinajstić information content (AvgIpc) is 2.27. The number of allylic oxidation sites excluding steroid dienone is 1. The molecule has 0 atom stereocenters. The van der Waals surface area contributed by atoms with Gasteiger partial charge in [0.25, 0.3) is 0 Å². The second-order valence-electron chi connectivity index (χ2n) is 3.86. The molecule has 0 saturated heterocycles. The molecule has 0 fully saturated rings. The van der Waals surface area contributed by atoms with E-state index in [0.717, 1.165) is 16.7 Å². The van der Waals surface area contributed by atoms with Crippen molar-refractivity contribution in [3.8, 4) is 0 Å². The van der Waals surface area contributed by atoms with Crippen molar-refractivity contribution in [2.45, 2.75) is 27.2 Å². The molecule has 1 aromatic carbocycles. The van der Waals surface area contributed by atoms with Crippen LogP contribution in [0.25, 0.3) is 0 Å². The fraction of sp³-hybridized carbons (Fsp3) is 0.357. The predicted octanol–water partition coefficient (Wildman–Crippen LogP) is 3.29. The molecule has 0 aliphatic carbocycles. The van der Waals surface area contributed by atoms with Gasteiger partial charge in [0.1, 0.15) is 0 Å². The molecule has 1 aromatic rings. The zero-order valence-corrected chi connectivity index (χ0v) is 10.8. The van der Waals surface area contributed by atoms with E-state index in [4.69, 9.17) is 4.74 Å². The third kappa shape index (κ3) is 4.83. The van der Waals surface area contributed by atoms with Crippen LogP contribution >= 0.6 is 0 Å². The number of benzene rings is 1. The molecule has 0 radical (unpaired) electrons. The summed E-state index contributed by atoms with van der Waals surface area (Å²) < 4.78 is 5.04. The van der Waals surface area contributed by atoms with Crippen LogP contribution in [0.5, 0.6) is 0 Å². The third-order valence-electron chi connectivity index (χ3n) is 2.35. The van der Waals surface area contributed by atoms with Crippen LogP contribution in [-0.4, -0.2) is 12.6 Å². The van der Waals surface area contributed by atoms with Crippen molar-refractivity contribution < 1.29 is 9.53 Å². The van der Waals surface area contributed by atoms with Gasteiger partial charge in [0, 0.05) is 12.0 Å². The summed E-state index contributed by atoms with van der Waals surface area (Å²) in [5.74, 6) is -0.202. The molecule has 3 heteroatoms. The molecule has 3 nitrogen and oxygen atoms in total. The molecule has 0 amide bonds. The highest BCUT2D eigenvalue weighted by Gasteiger charge is 2.12. The molecule has 0 heterocycles. The Bertz CT molecular complexity index is 378. The van der Waals surface area contributed by atoms with Crippen LogP contribution in [0.1, 0.15) is 26.3 Å². The maximum Gasteiger partial charge on any atom is 0.334 e. The monoisotopic (exact) mass is 235 g/mol. The quantitative estimate of drug-likeness (QED) is 0.643. The van der Waals surface area contributed by atoms with Crippen LogP contribution in [0.15, 0.2) is 41.5 Å². The van der Waals surface area contributed by atoms with E-state index in [0.29, 0.717) is 13.0 Å². The van der Waals surface area contributed by atoms with E-state index < -0.39 is 0 Å². The van der Waals surface area contributed by atoms with Crippen LogP contribution in [0, 0.1) is 0 Å². The minimum Gasteiger partial charge on any atom is -0.463 e. The van der Waals surface area contributed by atoms with Gasteiger partial charge in [-0.1, -0.05) is 35.9 Å². The van der Waals surface area contributed by atoms with E-state index >= 15 is 0 Å². The summed E-state index contributed by atoms with van der Waals surface area (Å²) in [4.78, 5) is 11.7. The van der Waals surface area contributed by atoms with Gasteiger partial charge in [0.2, 0.25) is 0 Å². The first-order valence-corrected chi connectivity index (χ1v) is 5.52. The molecule has 0 saturated carbocycles. The lowest BCUT2D eigenvalue weighted by Gasteiger charge is -2.09. The van der Waals surface area contributed by atoms with Gasteiger partial charge in [-0.05, 0) is 26.3 Å². The standard InChI is InChI=1S/C14H18O2.H3N/c1-4-16-14(15)13(11(2)3)10-12-8-6-5-7-9-12;/h5-9H,4,10H2,1-3H3;1H3. The lowest BCUT2D eigenvalue weighted by Crippen LogP contribution is -2.11. The molecule has 1 rings (SSSR count). The van der Waals surface area contributed by atoms with Gasteiger partial charge in [-0.25, -0.2) is 4.79 Å². The highest BCUT2D eigenvalue weighted by atomic mass is 16.5. The number of esters is 1. The molecule has 17 heavy (non-hydrogen) atoms. The molecule has 0 unspecified atom stereocenters. The summed E-state index contributed by atoms with van der Waals surface area (Å²) in [6.07, 6.45) is 0.641. The van der Waals surface area contributed by atoms with Gasteiger partial charge in [0.05, 0.1) is 6.61 Å². The SMILES string of the molecule is CCOC(=O)C(Cc1ccccc1)=C(C)C.N. The molecule has 0 bridgehead atoms. The van der Waals surface area contributed by atoms with E-state index in [2.05, 4.69) is 0 Å². The van der Waals surface area contributed by atoms with Crippen molar-refractivity contribution in [2.75, 3.05) is 6.61 Å². The largest absolute Gasteiger partial charge is 0.463 e. The Kier molecular flexibility index (Phi) is 6.91. The zero-order chi connectivity index (χ0) is 12.0. The average molecular weight is 235 g/mol. The lowest BCUT2D eigenvalue weighted by molar-refractivity contribution is -0.138. The first-order chi connectivity index (χ1) is 7.65. The first-order valence-electron chi connectivity index (χ1n) is 5.52. The summed E-state index contributed by atoms with van der Waals surface area (Å²) >= 11 is 0. The van der Waals surface area contributed by atoms with Gasteiger partial charge >= 0.3 is 5.97 Å². The molecule has 0 spiro atoms. The lowest BCUT2D eigenvalue weighted by atomic mass is 10.0. The Morgan fingerprint density at radius 2 is 1.76 bits per heavy atom. The smallest absolute Gasteiger partial charge is 0.334 e. The highest BCUT2D eigenvalue weighted by molar-refractivity contribution is 5.89. The maximum atomic E-state index is 11.7. The molecule has 0 aliphatic rings. The Labute approximate surface area is 103 Å². The number of hydrogen-bond acceptors (Lipinski definition) is 3. The summed E-state index contributed by atoms with van der Waals surface area (Å²) in [6, 6.07) is 9.95. The number of rotatable bonds is 4. The van der Waals surface area contributed by atoms with Gasteiger partial charge in [-0.2, -0.15) is 0 Å². The second kappa shape index (κ2) is 7.63. The Morgan fingerprint density at radius 1 is 1.18 bits per heavy atom. The van der Waals surface area contributed by atoms with Gasteiger partial charge in [-0.15, -0.1) is 0 Å². The minimum atomic E-state index is -0.202. The number of ether oxygens (including phenoxy) is 1. The fourth-order valence-corrected chi connectivity index (χ4v) is 1.47. The zero-order valence-electron chi connectivity index (χ0n) is 10.8. The summed E-state index contributed by atoms with van der Waals surface area (Å²) in [5, 5.41) is 0. The summed E-state index contributed by atoms with van der Waals surface area (Å²) in [7, 11) is 0. The molecular weight excluding hydrogens is 214 g/mol. The number of carbonyl (C=O) groups is 1. The summed E-state index contributed by atoms with van der Waals surface area (Å²) in [6.45, 7) is 6.12. The topological polar surface area (TPSA) is 61.3 Å². The van der Waals surface area contributed by atoms with Crippen LogP contribution in [-0.2, 0) is 16.0 Å². The minimum absolute atomic E-state index is 0. The molecule has 3 N–H and O–H groups in total. The predicted molar refractivity (Wildman–Crippen MR) is 70.2 cm³/mol. The molecule has 0 aliphatic heterocycles.